The number of rotatable bonds is 0. The zero-order valence-corrected chi connectivity index (χ0v) is 5.20. The van der Waals surface area contributed by atoms with Crippen LogP contribution in [0.5, 0.6) is 5.75 Å². The van der Waals surface area contributed by atoms with E-state index in [1.165, 1.54) is 12.3 Å². The van der Waals surface area contributed by atoms with Crippen molar-refractivity contribution in [2.45, 2.75) is 0 Å². The molecule has 0 amide bonds. The molecule has 2 nitrogen and oxygen atoms in total. The van der Waals surface area contributed by atoms with Gasteiger partial charge in [0.1, 0.15) is 5.76 Å². The topological polar surface area (TPSA) is 33.0 Å². The summed E-state index contributed by atoms with van der Waals surface area (Å²) < 4.78 is 5.03. The Morgan fingerprint density at radius 2 is 2.10 bits per heavy atom. The summed E-state index contributed by atoms with van der Waals surface area (Å²) in [5, 5.41) is 11.0. The molecule has 0 aromatic carbocycles. The Balaban J connectivity index is 2.80. The highest BCUT2D eigenvalue weighted by atomic mass is 16.3. The van der Waals surface area contributed by atoms with Gasteiger partial charge in [-0.05, 0) is 12.1 Å². The molecule has 0 saturated heterocycles. The van der Waals surface area contributed by atoms with Crippen molar-refractivity contribution in [3.05, 3.63) is 30.5 Å². The van der Waals surface area contributed by atoms with E-state index in [1.54, 1.807) is 18.2 Å². The third kappa shape index (κ3) is 0.589. The molecule has 0 saturated carbocycles. The normalized spacial score (nSPS) is 10.4. The van der Waals surface area contributed by atoms with Gasteiger partial charge >= 0.3 is 0 Å². The van der Waals surface area contributed by atoms with E-state index >= 15 is 0 Å². The number of fused-ring (bicyclic) bond motifs is 1. The quantitative estimate of drug-likeness (QED) is 0.543. The minimum Gasteiger partial charge on any atom is -0.464 e. The molecule has 2 heteroatoms. The van der Waals surface area contributed by atoms with Crippen LogP contribution in [0.25, 0.3) is 11.3 Å². The van der Waals surface area contributed by atoms with Crippen LogP contribution in [0.4, 0.5) is 0 Å². The van der Waals surface area contributed by atoms with Gasteiger partial charge in [-0.25, -0.2) is 0 Å². The molecule has 1 radical (unpaired) electrons. The Morgan fingerprint density at radius 1 is 1.20 bits per heavy atom. The summed E-state index contributed by atoms with van der Waals surface area (Å²) in [4.78, 5) is 0. The van der Waals surface area contributed by atoms with E-state index in [9.17, 15) is 5.11 Å². The van der Waals surface area contributed by atoms with E-state index in [2.05, 4.69) is 0 Å². The first-order valence-electron chi connectivity index (χ1n) is 3.01. The largest absolute Gasteiger partial charge is 0.464 e. The minimum absolute atomic E-state index is 0.0197. The summed E-state index contributed by atoms with van der Waals surface area (Å²) in [5.41, 5.74) is 0.655. The maximum absolute atomic E-state index is 11.0. The molecule has 0 aromatic heterocycles. The predicted molar refractivity (Wildman–Crippen MR) is 35.5 cm³/mol. The molecule has 0 fully saturated rings. The standard InChI is InChI=1S/C8H5O2/c9-7-4-5-10-8-3-1-2-6(7)8/h1-5H. The highest BCUT2D eigenvalue weighted by molar-refractivity contribution is 5.66. The van der Waals surface area contributed by atoms with E-state index < -0.39 is 0 Å². The van der Waals surface area contributed by atoms with E-state index in [-0.39, 0.29) is 5.75 Å². The lowest BCUT2D eigenvalue weighted by Gasteiger charge is -1.95. The van der Waals surface area contributed by atoms with Gasteiger partial charge < -0.3 is 4.42 Å². The highest BCUT2D eigenvalue weighted by Crippen LogP contribution is 2.31. The van der Waals surface area contributed by atoms with Crippen molar-refractivity contribution in [2.24, 2.45) is 0 Å². The van der Waals surface area contributed by atoms with E-state index in [4.69, 9.17) is 4.42 Å². The molecular weight excluding hydrogens is 128 g/mol. The van der Waals surface area contributed by atoms with Crippen LogP contribution in [0.3, 0.4) is 0 Å². The van der Waals surface area contributed by atoms with Crippen LogP contribution in [0.15, 0.2) is 34.9 Å². The van der Waals surface area contributed by atoms with Crippen LogP contribution in [-0.4, -0.2) is 0 Å². The van der Waals surface area contributed by atoms with Crippen molar-refractivity contribution in [3.63, 3.8) is 0 Å². The fourth-order valence-corrected chi connectivity index (χ4v) is 0.969. The molecule has 2 rings (SSSR count). The molecule has 0 atom stereocenters. The van der Waals surface area contributed by atoms with E-state index in [0.717, 1.165) is 0 Å². The second-order valence-corrected chi connectivity index (χ2v) is 2.09. The van der Waals surface area contributed by atoms with Gasteiger partial charge in [0.05, 0.1) is 11.8 Å². The predicted octanol–water partition coefficient (Wildman–Crippen LogP) is 2.53. The summed E-state index contributed by atoms with van der Waals surface area (Å²) in [6.07, 6.45) is 1.41. The van der Waals surface area contributed by atoms with Crippen LogP contribution in [0.1, 0.15) is 0 Å². The summed E-state index contributed by atoms with van der Waals surface area (Å²) in [6, 6.07) is 6.75. The zero-order valence-electron chi connectivity index (χ0n) is 5.20. The molecule has 0 unspecified atom stereocenters. The van der Waals surface area contributed by atoms with Crippen LogP contribution < -0.4 is 0 Å². The Bertz CT molecular complexity index is 311. The molecule has 1 aliphatic carbocycles. The molecule has 10 heavy (non-hydrogen) atoms. The minimum atomic E-state index is 0.0197. The molecule has 0 spiro atoms. The van der Waals surface area contributed by atoms with E-state index in [1.807, 2.05) is 0 Å². The van der Waals surface area contributed by atoms with Crippen molar-refractivity contribution < 1.29 is 9.52 Å². The fraction of sp³-hybridized carbons (Fsp3) is 0. The molecule has 0 N–H and O–H groups in total. The van der Waals surface area contributed by atoms with Gasteiger partial charge in [-0.1, -0.05) is 6.07 Å². The molecule has 0 aromatic rings. The third-order valence-corrected chi connectivity index (χ3v) is 1.46. The van der Waals surface area contributed by atoms with Crippen molar-refractivity contribution in [1.29, 1.82) is 0 Å². The van der Waals surface area contributed by atoms with Crippen molar-refractivity contribution in [1.82, 2.24) is 0 Å². The van der Waals surface area contributed by atoms with Crippen molar-refractivity contribution >= 4 is 0 Å². The zero-order chi connectivity index (χ0) is 6.97. The van der Waals surface area contributed by atoms with Crippen molar-refractivity contribution in [3.8, 4) is 17.1 Å². The van der Waals surface area contributed by atoms with Crippen molar-refractivity contribution in [2.75, 3.05) is 0 Å². The Morgan fingerprint density at radius 3 is 2.90 bits per heavy atom. The maximum atomic E-state index is 11.0. The maximum Gasteiger partial charge on any atom is 0.192 e. The van der Waals surface area contributed by atoms with Gasteiger partial charge in [-0.3, -0.25) is 5.11 Å². The number of hydrogen-bond acceptors (Lipinski definition) is 1. The van der Waals surface area contributed by atoms with E-state index in [0.29, 0.717) is 11.3 Å². The van der Waals surface area contributed by atoms with Gasteiger partial charge in [0.15, 0.2) is 5.75 Å². The highest BCUT2D eigenvalue weighted by Gasteiger charge is 2.08. The summed E-state index contributed by atoms with van der Waals surface area (Å²) in [7, 11) is 0. The molecule has 1 heterocycles. The number of hydrogen-bond donors (Lipinski definition) is 0. The summed E-state index contributed by atoms with van der Waals surface area (Å²) >= 11 is 0. The van der Waals surface area contributed by atoms with Gasteiger partial charge in [-0.15, -0.1) is 0 Å². The SMILES string of the molecule is [O]c1ccoc2cccc1-2. The molecule has 1 aliphatic heterocycles. The Hall–Kier alpha value is -1.44. The Labute approximate surface area is 58.1 Å². The van der Waals surface area contributed by atoms with Gasteiger partial charge in [0.2, 0.25) is 0 Å². The fourth-order valence-electron chi connectivity index (χ4n) is 0.969. The lowest BCUT2D eigenvalue weighted by Crippen LogP contribution is -1.70. The molecule has 0 bridgehead atoms. The van der Waals surface area contributed by atoms with Gasteiger partial charge in [0, 0.05) is 6.07 Å². The van der Waals surface area contributed by atoms with Gasteiger partial charge in [0.25, 0.3) is 0 Å². The lowest BCUT2D eigenvalue weighted by atomic mass is 10.2. The molecule has 49 valence electrons. The van der Waals surface area contributed by atoms with Crippen LogP contribution in [-0.2, 0) is 5.11 Å². The van der Waals surface area contributed by atoms with Crippen LogP contribution in [0, 0.1) is 0 Å². The average molecular weight is 133 g/mol. The Kier molecular flexibility index (Phi) is 0.947. The first-order valence-corrected chi connectivity index (χ1v) is 3.01. The lowest BCUT2D eigenvalue weighted by molar-refractivity contribution is 0.351. The molecular formula is C8H5O2. The first kappa shape index (κ1) is 5.35. The third-order valence-electron chi connectivity index (χ3n) is 1.46. The van der Waals surface area contributed by atoms with Gasteiger partial charge in [-0.2, -0.15) is 0 Å². The average Bonchev–Trinajstić information content (AvgIpc) is 2.36. The monoisotopic (exact) mass is 133 g/mol. The smallest absolute Gasteiger partial charge is 0.192 e. The summed E-state index contributed by atoms with van der Waals surface area (Å²) in [5.74, 6) is 0.679. The summed E-state index contributed by atoms with van der Waals surface area (Å²) in [6.45, 7) is 0. The molecule has 2 aliphatic rings. The second-order valence-electron chi connectivity index (χ2n) is 2.09. The second kappa shape index (κ2) is 1.77. The van der Waals surface area contributed by atoms with Crippen LogP contribution in [0.2, 0.25) is 0 Å². The van der Waals surface area contributed by atoms with Crippen LogP contribution >= 0.6 is 0 Å². The first-order chi connectivity index (χ1) is 4.88.